The van der Waals surface area contributed by atoms with E-state index in [0.29, 0.717) is 19.3 Å². The zero-order valence-corrected chi connectivity index (χ0v) is 50.8. The average molecular weight is 1060 g/mol. The highest BCUT2D eigenvalue weighted by Crippen LogP contribution is 2.18. The molecule has 6 heteroatoms. The molecule has 0 N–H and O–H groups in total. The van der Waals surface area contributed by atoms with Crippen LogP contribution in [0.2, 0.25) is 0 Å². The molecule has 0 aliphatic carbocycles. The molecule has 0 saturated heterocycles. The van der Waals surface area contributed by atoms with Crippen molar-refractivity contribution in [3.8, 4) is 0 Å². The van der Waals surface area contributed by atoms with Gasteiger partial charge in [0.05, 0.1) is 0 Å². The van der Waals surface area contributed by atoms with E-state index in [1.165, 1.54) is 212 Å². The first kappa shape index (κ1) is 73.1. The third kappa shape index (κ3) is 62.0. The van der Waals surface area contributed by atoms with Gasteiger partial charge in [-0.1, -0.05) is 306 Å². The average Bonchev–Trinajstić information content (AvgIpc) is 3.42. The van der Waals surface area contributed by atoms with Gasteiger partial charge in [0.15, 0.2) is 6.10 Å². The van der Waals surface area contributed by atoms with E-state index in [4.69, 9.17) is 14.2 Å². The molecule has 76 heavy (non-hydrogen) atoms. The lowest BCUT2D eigenvalue weighted by Crippen LogP contribution is -2.30. The fourth-order valence-corrected chi connectivity index (χ4v) is 9.79. The van der Waals surface area contributed by atoms with Crippen LogP contribution in [0, 0.1) is 0 Å². The number of unbranched alkanes of at least 4 members (excludes halogenated alkanes) is 40. The molecular formula is C70H126O6. The molecule has 0 rings (SSSR count). The van der Waals surface area contributed by atoms with E-state index in [-0.39, 0.29) is 31.1 Å². The Morgan fingerprint density at radius 1 is 0.276 bits per heavy atom. The second-order valence-corrected chi connectivity index (χ2v) is 22.4. The molecule has 1 atom stereocenters. The van der Waals surface area contributed by atoms with Crippen molar-refractivity contribution in [1.82, 2.24) is 0 Å². The largest absolute Gasteiger partial charge is 0.462 e. The molecule has 0 aliphatic heterocycles. The van der Waals surface area contributed by atoms with Gasteiger partial charge in [-0.15, -0.1) is 0 Å². The van der Waals surface area contributed by atoms with Gasteiger partial charge in [0, 0.05) is 19.3 Å². The summed E-state index contributed by atoms with van der Waals surface area (Å²) in [5, 5.41) is 0. The van der Waals surface area contributed by atoms with Crippen LogP contribution < -0.4 is 0 Å². The number of carbonyl (C=O) groups excluding carboxylic acids is 3. The van der Waals surface area contributed by atoms with Crippen molar-refractivity contribution in [3.63, 3.8) is 0 Å². The van der Waals surface area contributed by atoms with Crippen molar-refractivity contribution < 1.29 is 28.6 Å². The predicted octanol–water partition coefficient (Wildman–Crippen LogP) is 22.7. The number of ether oxygens (including phenoxy) is 3. The maximum atomic E-state index is 12.9. The van der Waals surface area contributed by atoms with Gasteiger partial charge in [-0.2, -0.15) is 0 Å². The van der Waals surface area contributed by atoms with Gasteiger partial charge in [0.1, 0.15) is 13.2 Å². The van der Waals surface area contributed by atoms with Crippen molar-refractivity contribution in [1.29, 1.82) is 0 Å². The van der Waals surface area contributed by atoms with E-state index < -0.39 is 6.10 Å². The predicted molar refractivity (Wildman–Crippen MR) is 330 cm³/mol. The zero-order chi connectivity index (χ0) is 55.0. The lowest BCUT2D eigenvalue weighted by Gasteiger charge is -2.18. The van der Waals surface area contributed by atoms with E-state index in [1.54, 1.807) is 0 Å². The van der Waals surface area contributed by atoms with Crippen LogP contribution in [0.1, 0.15) is 348 Å². The second kappa shape index (κ2) is 64.6. The van der Waals surface area contributed by atoms with Crippen LogP contribution >= 0.6 is 0 Å². The van der Waals surface area contributed by atoms with Crippen LogP contribution in [0.25, 0.3) is 0 Å². The maximum absolute atomic E-state index is 12.9. The van der Waals surface area contributed by atoms with E-state index >= 15 is 0 Å². The first-order valence-corrected chi connectivity index (χ1v) is 33.3. The summed E-state index contributed by atoms with van der Waals surface area (Å²) in [5.41, 5.74) is 0. The quantitative estimate of drug-likeness (QED) is 0.0261. The van der Waals surface area contributed by atoms with Crippen LogP contribution in [0.4, 0.5) is 0 Å². The second-order valence-electron chi connectivity index (χ2n) is 22.4. The molecule has 0 fully saturated rings. The van der Waals surface area contributed by atoms with Crippen molar-refractivity contribution in [2.24, 2.45) is 0 Å². The zero-order valence-electron chi connectivity index (χ0n) is 50.8. The Balaban J connectivity index is 4.33. The van der Waals surface area contributed by atoms with Gasteiger partial charge in [-0.3, -0.25) is 14.4 Å². The summed E-state index contributed by atoms with van der Waals surface area (Å²) >= 11 is 0. The first-order chi connectivity index (χ1) is 37.5. The van der Waals surface area contributed by atoms with Crippen LogP contribution in [-0.2, 0) is 28.6 Å². The summed E-state index contributed by atoms with van der Waals surface area (Å²) in [5.74, 6) is -0.872. The summed E-state index contributed by atoms with van der Waals surface area (Å²) in [6, 6.07) is 0. The van der Waals surface area contributed by atoms with Gasteiger partial charge in [-0.05, 0) is 83.5 Å². The Morgan fingerprint density at radius 2 is 0.513 bits per heavy atom. The molecule has 6 nitrogen and oxygen atoms in total. The molecule has 0 spiro atoms. The molecule has 0 aromatic rings. The Hall–Kier alpha value is -2.89. The summed E-state index contributed by atoms with van der Waals surface area (Å²) in [6.45, 7) is 6.57. The molecule has 0 bridgehead atoms. The van der Waals surface area contributed by atoms with Gasteiger partial charge in [-0.25, -0.2) is 0 Å². The molecule has 0 aromatic heterocycles. The maximum Gasteiger partial charge on any atom is 0.306 e. The third-order valence-electron chi connectivity index (χ3n) is 14.8. The van der Waals surface area contributed by atoms with Gasteiger partial charge in [0.25, 0.3) is 0 Å². The van der Waals surface area contributed by atoms with Gasteiger partial charge >= 0.3 is 17.9 Å². The highest BCUT2D eigenvalue weighted by Gasteiger charge is 2.19. The third-order valence-corrected chi connectivity index (χ3v) is 14.8. The fraction of sp³-hybridized carbons (Fsp3) is 0.814. The highest BCUT2D eigenvalue weighted by molar-refractivity contribution is 5.71. The topological polar surface area (TPSA) is 78.9 Å². The minimum atomic E-state index is -0.782. The smallest absolute Gasteiger partial charge is 0.306 e. The fourth-order valence-electron chi connectivity index (χ4n) is 9.79. The van der Waals surface area contributed by atoms with Crippen LogP contribution in [0.15, 0.2) is 60.8 Å². The van der Waals surface area contributed by atoms with Crippen LogP contribution in [0.5, 0.6) is 0 Å². The molecule has 0 radical (unpaired) electrons. The lowest BCUT2D eigenvalue weighted by atomic mass is 10.0. The van der Waals surface area contributed by atoms with E-state index in [9.17, 15) is 14.4 Å². The monoisotopic (exact) mass is 1060 g/mol. The van der Waals surface area contributed by atoms with Gasteiger partial charge in [0.2, 0.25) is 0 Å². The number of rotatable bonds is 61. The molecule has 0 heterocycles. The minimum Gasteiger partial charge on any atom is -0.462 e. The normalized spacial score (nSPS) is 12.4. The molecule has 1 unspecified atom stereocenters. The number of carbonyl (C=O) groups is 3. The van der Waals surface area contributed by atoms with E-state index in [1.807, 2.05) is 0 Å². The van der Waals surface area contributed by atoms with Crippen LogP contribution in [0.3, 0.4) is 0 Å². The van der Waals surface area contributed by atoms with E-state index in [0.717, 1.165) is 96.3 Å². The molecule has 0 aliphatic rings. The van der Waals surface area contributed by atoms with Crippen molar-refractivity contribution in [2.75, 3.05) is 13.2 Å². The molecular weight excluding hydrogens is 937 g/mol. The molecule has 0 amide bonds. The van der Waals surface area contributed by atoms with Crippen molar-refractivity contribution >= 4 is 17.9 Å². The van der Waals surface area contributed by atoms with Crippen molar-refractivity contribution in [2.45, 2.75) is 354 Å². The Labute approximate surface area is 472 Å². The summed E-state index contributed by atoms with van der Waals surface area (Å²) in [6.07, 6.45) is 82.3. The highest BCUT2D eigenvalue weighted by atomic mass is 16.6. The van der Waals surface area contributed by atoms with Crippen LogP contribution in [-0.4, -0.2) is 37.2 Å². The summed E-state index contributed by atoms with van der Waals surface area (Å²) < 4.78 is 17.0. The Morgan fingerprint density at radius 3 is 0.816 bits per heavy atom. The molecule has 0 aromatic carbocycles. The SMILES string of the molecule is CC/C=C\C/C=C\C/C=C\C/C=C\CCCCCCCCCCC(=O)OC(COC(=O)CCCCCCC/C=C\CCCCCCCC)COC(=O)CCCCCCCCCCCCCCCCCCCCCCCC. The number of hydrogen-bond acceptors (Lipinski definition) is 6. The Kier molecular flexibility index (Phi) is 62.2. The van der Waals surface area contributed by atoms with Gasteiger partial charge < -0.3 is 14.2 Å². The van der Waals surface area contributed by atoms with Crippen molar-refractivity contribution in [3.05, 3.63) is 60.8 Å². The standard InChI is InChI=1S/C70H126O6/c1-4-7-10-13-16-19-22-25-28-30-32-34-36-37-39-42-45-48-51-54-57-60-63-69(72)75-66-67(65-74-68(71)62-59-56-53-50-47-44-41-27-24-21-18-15-12-9-6-3)76-70(73)64-61-58-55-52-49-46-43-40-38-35-33-31-29-26-23-20-17-14-11-8-5-2/h8,11,17,20,26-27,29,33,35,41,67H,4-7,9-10,12-16,18-19,21-25,28,30-32,34,36-40,42-66H2,1-3H3/b11-8-,20-17-,29-26-,35-33-,41-27-. The first-order valence-electron chi connectivity index (χ1n) is 33.3. The van der Waals surface area contributed by atoms with E-state index in [2.05, 4.69) is 81.5 Å². The summed E-state index contributed by atoms with van der Waals surface area (Å²) in [7, 11) is 0. The summed E-state index contributed by atoms with van der Waals surface area (Å²) in [4.78, 5) is 38.4. The molecule has 0 saturated carbocycles. The Bertz CT molecular complexity index is 1360. The molecule has 442 valence electrons. The number of hydrogen-bond donors (Lipinski definition) is 0. The lowest BCUT2D eigenvalue weighted by molar-refractivity contribution is -0.167. The number of esters is 3. The minimum absolute atomic E-state index is 0.0765. The number of allylic oxidation sites excluding steroid dienone is 10.